The van der Waals surface area contributed by atoms with Crippen molar-refractivity contribution in [3.8, 4) is 0 Å². The second-order valence-corrected chi connectivity index (χ2v) is 5.41. The highest BCUT2D eigenvalue weighted by Crippen LogP contribution is 2.22. The number of aromatic nitrogens is 3. The summed E-state index contributed by atoms with van der Waals surface area (Å²) in [5, 5.41) is 14.2. The largest absolute Gasteiger partial charge is 0.359 e. The highest BCUT2D eigenvalue weighted by Gasteiger charge is 2.14. The van der Waals surface area contributed by atoms with Crippen molar-refractivity contribution in [3.63, 3.8) is 0 Å². The lowest BCUT2D eigenvalue weighted by atomic mass is 10.2. The van der Waals surface area contributed by atoms with Gasteiger partial charge in [0.1, 0.15) is 10.8 Å². The lowest BCUT2D eigenvalue weighted by molar-refractivity contribution is 0.0821. The predicted octanol–water partition coefficient (Wildman–Crippen LogP) is 2.20. The van der Waals surface area contributed by atoms with Gasteiger partial charge in [-0.3, -0.25) is 4.79 Å². The molecule has 1 amide bonds. The Morgan fingerprint density at radius 2 is 2.20 bits per heavy atom. The van der Waals surface area contributed by atoms with Gasteiger partial charge in [0.05, 0.1) is 6.04 Å². The van der Waals surface area contributed by atoms with E-state index >= 15 is 0 Å². The van der Waals surface area contributed by atoms with Crippen LogP contribution in [0.5, 0.6) is 0 Å². The molecule has 2 heterocycles. The van der Waals surface area contributed by atoms with Gasteiger partial charge in [0.25, 0.3) is 5.91 Å². The quantitative estimate of drug-likeness (QED) is 0.914. The van der Waals surface area contributed by atoms with Gasteiger partial charge in [-0.2, -0.15) is 0 Å². The molecule has 0 aliphatic rings. The molecule has 20 heavy (non-hydrogen) atoms. The number of carbonyl (C=O) groups excluding carboxylic acids is 1. The Kier molecular flexibility index (Phi) is 4.62. The van der Waals surface area contributed by atoms with Crippen LogP contribution in [0.25, 0.3) is 0 Å². The zero-order chi connectivity index (χ0) is 14.5. The lowest BCUT2D eigenvalue weighted by Crippen LogP contribution is -2.23. The fourth-order valence-electron chi connectivity index (χ4n) is 1.68. The van der Waals surface area contributed by atoms with Crippen molar-refractivity contribution < 1.29 is 4.79 Å². The molecule has 0 fully saturated rings. The molecule has 0 aliphatic heterocycles. The average Bonchev–Trinajstić information content (AvgIpc) is 2.98. The summed E-state index contributed by atoms with van der Waals surface area (Å²) in [6, 6.07) is 3.55. The molecule has 1 atom stereocenters. The highest BCUT2D eigenvalue weighted by atomic mass is 32.1. The van der Waals surface area contributed by atoms with Gasteiger partial charge in [-0.15, -0.1) is 21.5 Å². The van der Waals surface area contributed by atoms with Gasteiger partial charge in [-0.25, -0.2) is 4.98 Å². The van der Waals surface area contributed by atoms with E-state index in [1.807, 2.05) is 5.38 Å². The average molecular weight is 291 g/mol. The second-order valence-electron chi connectivity index (χ2n) is 4.48. The Hall–Kier alpha value is -2.02. The van der Waals surface area contributed by atoms with Crippen LogP contribution in [0.1, 0.15) is 34.9 Å². The van der Waals surface area contributed by atoms with E-state index in [0.717, 1.165) is 11.4 Å². The van der Waals surface area contributed by atoms with Crippen molar-refractivity contribution in [2.24, 2.45) is 0 Å². The summed E-state index contributed by atoms with van der Waals surface area (Å²) in [6.45, 7) is 2.08. The van der Waals surface area contributed by atoms with E-state index in [1.54, 1.807) is 43.8 Å². The fraction of sp³-hybridized carbons (Fsp3) is 0.385. The van der Waals surface area contributed by atoms with Gasteiger partial charge in [-0.1, -0.05) is 6.92 Å². The van der Waals surface area contributed by atoms with Gasteiger partial charge in [0.15, 0.2) is 5.69 Å². The molecule has 1 unspecified atom stereocenters. The Morgan fingerprint density at radius 1 is 1.40 bits per heavy atom. The molecule has 7 heteroatoms. The number of anilines is 1. The topological polar surface area (TPSA) is 71.0 Å². The van der Waals surface area contributed by atoms with E-state index in [1.165, 1.54) is 4.90 Å². The number of rotatable bonds is 5. The number of nitrogens with zero attached hydrogens (tertiary/aromatic N) is 4. The third-order valence-electron chi connectivity index (χ3n) is 2.77. The maximum absolute atomic E-state index is 11.7. The van der Waals surface area contributed by atoms with Crippen LogP contribution in [0.15, 0.2) is 23.7 Å². The van der Waals surface area contributed by atoms with Crippen molar-refractivity contribution in [2.45, 2.75) is 19.4 Å². The SMILES string of the molecule is CCC(Nc1ccc(C(=O)N(C)C)nn1)c1nccs1. The first-order valence-corrected chi connectivity index (χ1v) is 7.21. The van der Waals surface area contributed by atoms with E-state index in [2.05, 4.69) is 27.4 Å². The fourth-order valence-corrected chi connectivity index (χ4v) is 2.45. The minimum absolute atomic E-state index is 0.111. The standard InChI is InChI=1S/C13H17N5OS/c1-4-9(12-14-7-8-20-12)15-11-6-5-10(16-17-11)13(19)18(2)3/h5-9H,4H2,1-3H3,(H,15,17). The van der Waals surface area contributed by atoms with Crippen molar-refractivity contribution in [2.75, 3.05) is 19.4 Å². The van der Waals surface area contributed by atoms with Gasteiger partial charge in [-0.05, 0) is 18.6 Å². The summed E-state index contributed by atoms with van der Waals surface area (Å²) < 4.78 is 0. The molecule has 2 rings (SSSR count). The molecule has 0 spiro atoms. The van der Waals surface area contributed by atoms with Crippen LogP contribution in [-0.2, 0) is 0 Å². The number of thiazole rings is 1. The summed E-state index contributed by atoms with van der Waals surface area (Å²) >= 11 is 1.60. The third-order valence-corrected chi connectivity index (χ3v) is 3.66. The molecule has 0 aromatic carbocycles. The summed E-state index contributed by atoms with van der Waals surface area (Å²) in [5.74, 6) is 0.485. The number of nitrogens with one attached hydrogen (secondary N) is 1. The minimum atomic E-state index is -0.156. The summed E-state index contributed by atoms with van der Waals surface area (Å²) in [4.78, 5) is 17.5. The monoisotopic (exact) mass is 291 g/mol. The van der Waals surface area contributed by atoms with Crippen LogP contribution >= 0.6 is 11.3 Å². The van der Waals surface area contributed by atoms with E-state index < -0.39 is 0 Å². The molecule has 106 valence electrons. The van der Waals surface area contributed by atoms with Crippen molar-refractivity contribution in [1.82, 2.24) is 20.1 Å². The number of hydrogen-bond donors (Lipinski definition) is 1. The zero-order valence-electron chi connectivity index (χ0n) is 11.7. The minimum Gasteiger partial charge on any atom is -0.359 e. The molecule has 0 saturated carbocycles. The lowest BCUT2D eigenvalue weighted by Gasteiger charge is -2.15. The van der Waals surface area contributed by atoms with Gasteiger partial charge >= 0.3 is 0 Å². The van der Waals surface area contributed by atoms with Crippen molar-refractivity contribution >= 4 is 23.1 Å². The molecule has 2 aromatic heterocycles. The van der Waals surface area contributed by atoms with Crippen LogP contribution in [0.2, 0.25) is 0 Å². The molecule has 0 aliphatic carbocycles. The van der Waals surface area contributed by atoms with E-state index in [4.69, 9.17) is 0 Å². The Balaban J connectivity index is 2.08. The van der Waals surface area contributed by atoms with Crippen LogP contribution in [0.3, 0.4) is 0 Å². The molecule has 1 N–H and O–H groups in total. The maximum Gasteiger partial charge on any atom is 0.273 e. The number of amides is 1. The summed E-state index contributed by atoms with van der Waals surface area (Å²) in [6.07, 6.45) is 2.68. The summed E-state index contributed by atoms with van der Waals surface area (Å²) in [5.41, 5.74) is 0.336. The third kappa shape index (κ3) is 3.30. The molecular weight excluding hydrogens is 274 g/mol. The summed E-state index contributed by atoms with van der Waals surface area (Å²) in [7, 11) is 3.37. The smallest absolute Gasteiger partial charge is 0.273 e. The van der Waals surface area contributed by atoms with Gasteiger partial charge < -0.3 is 10.2 Å². The van der Waals surface area contributed by atoms with Crippen LogP contribution in [-0.4, -0.2) is 40.1 Å². The van der Waals surface area contributed by atoms with E-state index in [9.17, 15) is 4.79 Å². The first kappa shape index (κ1) is 14.4. The number of hydrogen-bond acceptors (Lipinski definition) is 6. The molecule has 6 nitrogen and oxygen atoms in total. The van der Waals surface area contributed by atoms with Gasteiger partial charge in [0, 0.05) is 25.7 Å². The van der Waals surface area contributed by atoms with Crippen LogP contribution < -0.4 is 5.32 Å². The van der Waals surface area contributed by atoms with Crippen LogP contribution in [0, 0.1) is 0 Å². The van der Waals surface area contributed by atoms with E-state index in [0.29, 0.717) is 11.5 Å². The Labute approximate surface area is 121 Å². The Morgan fingerprint density at radius 3 is 2.70 bits per heavy atom. The van der Waals surface area contributed by atoms with Crippen molar-refractivity contribution in [3.05, 3.63) is 34.4 Å². The first-order chi connectivity index (χ1) is 9.61. The zero-order valence-corrected chi connectivity index (χ0v) is 12.5. The predicted molar refractivity (Wildman–Crippen MR) is 78.8 cm³/mol. The normalized spacial score (nSPS) is 11.9. The molecular formula is C13H17N5OS. The Bertz CT molecular complexity index is 553. The number of carbonyl (C=O) groups is 1. The van der Waals surface area contributed by atoms with Crippen LogP contribution in [0.4, 0.5) is 5.82 Å². The molecule has 0 radical (unpaired) electrons. The van der Waals surface area contributed by atoms with E-state index in [-0.39, 0.29) is 11.9 Å². The van der Waals surface area contributed by atoms with Crippen molar-refractivity contribution in [1.29, 1.82) is 0 Å². The first-order valence-electron chi connectivity index (χ1n) is 6.33. The molecule has 0 saturated heterocycles. The second kappa shape index (κ2) is 6.42. The molecule has 0 bridgehead atoms. The molecule has 2 aromatic rings. The maximum atomic E-state index is 11.7. The highest BCUT2D eigenvalue weighted by molar-refractivity contribution is 7.09. The van der Waals surface area contributed by atoms with Gasteiger partial charge in [0.2, 0.25) is 0 Å².